The van der Waals surface area contributed by atoms with Gasteiger partial charge in [-0.25, -0.2) is 4.79 Å². The first-order chi connectivity index (χ1) is 13.7. The number of likely N-dealkylation sites (tertiary alicyclic amines) is 1. The zero-order chi connectivity index (χ0) is 20.6. The van der Waals surface area contributed by atoms with Crippen LogP contribution in [0.1, 0.15) is 51.5 Å². The van der Waals surface area contributed by atoms with Crippen molar-refractivity contribution in [1.29, 1.82) is 0 Å². The lowest BCUT2D eigenvalue weighted by Crippen LogP contribution is -2.35. The van der Waals surface area contributed by atoms with Crippen LogP contribution in [0.5, 0.6) is 0 Å². The average Bonchev–Trinajstić information content (AvgIpc) is 3.41. The highest BCUT2D eigenvalue weighted by Gasteiger charge is 2.34. The molecule has 0 aliphatic carbocycles. The highest BCUT2D eigenvalue weighted by Crippen LogP contribution is 2.33. The van der Waals surface area contributed by atoms with Gasteiger partial charge in [0.1, 0.15) is 5.60 Å². The van der Waals surface area contributed by atoms with Crippen LogP contribution in [0.15, 0.2) is 28.8 Å². The number of rotatable bonds is 3. The maximum Gasteiger partial charge on any atom is 0.410 e. The van der Waals surface area contributed by atoms with Crippen LogP contribution in [0, 0.1) is 0 Å². The fourth-order valence-electron chi connectivity index (χ4n) is 3.58. The zero-order valence-electron chi connectivity index (χ0n) is 17.3. The Labute approximate surface area is 170 Å². The lowest BCUT2D eigenvalue weighted by Gasteiger charge is -2.24. The molecule has 2 fully saturated rings. The van der Waals surface area contributed by atoms with Crippen molar-refractivity contribution in [3.8, 4) is 11.4 Å². The van der Waals surface area contributed by atoms with Crippen LogP contribution in [-0.2, 0) is 20.0 Å². The number of ether oxygens (including phenoxy) is 3. The van der Waals surface area contributed by atoms with Gasteiger partial charge in [0.05, 0.1) is 19.1 Å². The van der Waals surface area contributed by atoms with Crippen LogP contribution in [0.3, 0.4) is 0 Å². The molecule has 1 aromatic heterocycles. The second-order valence-electron chi connectivity index (χ2n) is 8.59. The SMILES string of the molecule is CC(C)(C)OC(=O)N1CC[C@@H](c2nc(-c3ccc(C4(C)OCCO4)cc3)no2)C1. The Morgan fingerprint density at radius 2 is 1.90 bits per heavy atom. The summed E-state index contributed by atoms with van der Waals surface area (Å²) in [7, 11) is 0. The summed E-state index contributed by atoms with van der Waals surface area (Å²) in [6.45, 7) is 9.81. The average molecular weight is 401 g/mol. The Morgan fingerprint density at radius 1 is 1.21 bits per heavy atom. The number of hydrogen-bond acceptors (Lipinski definition) is 7. The first-order valence-corrected chi connectivity index (χ1v) is 9.94. The van der Waals surface area contributed by atoms with Crippen LogP contribution in [0.2, 0.25) is 0 Å². The van der Waals surface area contributed by atoms with Gasteiger partial charge in [-0.1, -0.05) is 29.4 Å². The Morgan fingerprint density at radius 3 is 2.55 bits per heavy atom. The molecule has 8 heteroatoms. The molecule has 2 saturated heterocycles. The summed E-state index contributed by atoms with van der Waals surface area (Å²) in [5.74, 6) is 0.392. The van der Waals surface area contributed by atoms with Gasteiger partial charge < -0.3 is 23.6 Å². The number of carbonyl (C=O) groups is 1. The van der Waals surface area contributed by atoms with Gasteiger partial charge >= 0.3 is 6.09 Å². The second kappa shape index (κ2) is 7.42. The maximum atomic E-state index is 12.2. The van der Waals surface area contributed by atoms with Crippen molar-refractivity contribution in [1.82, 2.24) is 15.0 Å². The van der Waals surface area contributed by atoms with Gasteiger partial charge in [0.25, 0.3) is 0 Å². The van der Waals surface area contributed by atoms with E-state index in [1.807, 2.05) is 52.0 Å². The van der Waals surface area contributed by atoms with Crippen LogP contribution < -0.4 is 0 Å². The smallest absolute Gasteiger partial charge is 0.410 e. The third-order valence-electron chi connectivity index (χ3n) is 5.14. The predicted octanol–water partition coefficient (Wildman–Crippen LogP) is 3.68. The second-order valence-corrected chi connectivity index (χ2v) is 8.59. The molecule has 3 heterocycles. The van der Waals surface area contributed by atoms with E-state index in [0.29, 0.717) is 38.0 Å². The van der Waals surface area contributed by atoms with Crippen LogP contribution in [-0.4, -0.2) is 53.0 Å². The molecule has 2 aromatic rings. The molecule has 1 atom stereocenters. The summed E-state index contributed by atoms with van der Waals surface area (Å²) in [6, 6.07) is 7.77. The lowest BCUT2D eigenvalue weighted by molar-refractivity contribution is -0.149. The van der Waals surface area contributed by atoms with Gasteiger partial charge in [-0.3, -0.25) is 0 Å². The zero-order valence-corrected chi connectivity index (χ0v) is 17.3. The molecule has 1 aromatic carbocycles. The summed E-state index contributed by atoms with van der Waals surface area (Å²) < 4.78 is 22.3. The molecule has 0 saturated carbocycles. The molecule has 29 heavy (non-hydrogen) atoms. The van der Waals surface area contributed by atoms with Gasteiger partial charge in [0.15, 0.2) is 5.79 Å². The topological polar surface area (TPSA) is 86.9 Å². The van der Waals surface area contributed by atoms with Crippen LogP contribution in [0.4, 0.5) is 4.79 Å². The minimum Gasteiger partial charge on any atom is -0.444 e. The Bertz CT molecular complexity index is 865. The van der Waals surface area contributed by atoms with E-state index in [-0.39, 0.29) is 12.0 Å². The minimum atomic E-state index is -0.698. The van der Waals surface area contributed by atoms with Crippen molar-refractivity contribution < 1.29 is 23.5 Å². The van der Waals surface area contributed by atoms with E-state index in [4.69, 9.17) is 18.7 Å². The van der Waals surface area contributed by atoms with Gasteiger partial charge in [0.2, 0.25) is 11.7 Å². The molecule has 8 nitrogen and oxygen atoms in total. The standard InChI is InChI=1S/C21H27N3O5/c1-20(2,3)28-19(25)24-10-9-15(13-24)18-22-17(23-29-18)14-5-7-16(8-6-14)21(4)26-11-12-27-21/h5-8,15H,9-13H2,1-4H3/t15-/m1/s1. The van der Waals surface area contributed by atoms with Gasteiger partial charge in [-0.2, -0.15) is 4.98 Å². The molecule has 2 aliphatic rings. The quantitative estimate of drug-likeness (QED) is 0.775. The van der Waals surface area contributed by atoms with E-state index in [9.17, 15) is 4.79 Å². The van der Waals surface area contributed by atoms with Crippen molar-refractivity contribution in [2.24, 2.45) is 0 Å². The van der Waals surface area contributed by atoms with Gasteiger partial charge in [0, 0.05) is 24.2 Å². The van der Waals surface area contributed by atoms with Crippen molar-refractivity contribution in [3.05, 3.63) is 35.7 Å². The molecular weight excluding hydrogens is 374 g/mol. The molecule has 0 bridgehead atoms. The Hall–Kier alpha value is -2.45. The maximum absolute atomic E-state index is 12.2. The fourth-order valence-corrected chi connectivity index (χ4v) is 3.58. The summed E-state index contributed by atoms with van der Waals surface area (Å²) in [5, 5.41) is 4.12. The van der Waals surface area contributed by atoms with E-state index in [0.717, 1.165) is 17.5 Å². The molecule has 156 valence electrons. The van der Waals surface area contributed by atoms with Crippen molar-refractivity contribution in [3.63, 3.8) is 0 Å². The fraction of sp³-hybridized carbons (Fsp3) is 0.571. The largest absolute Gasteiger partial charge is 0.444 e. The third-order valence-corrected chi connectivity index (χ3v) is 5.14. The molecule has 0 radical (unpaired) electrons. The van der Waals surface area contributed by atoms with Crippen LogP contribution >= 0.6 is 0 Å². The van der Waals surface area contributed by atoms with Gasteiger partial charge in [-0.05, 0) is 34.1 Å². The monoisotopic (exact) mass is 401 g/mol. The molecule has 1 amide bonds. The molecule has 0 unspecified atom stereocenters. The normalized spacial score (nSPS) is 21.5. The first-order valence-electron chi connectivity index (χ1n) is 9.94. The highest BCUT2D eigenvalue weighted by atomic mass is 16.7. The summed E-state index contributed by atoms with van der Waals surface area (Å²) in [4.78, 5) is 18.5. The van der Waals surface area contributed by atoms with Gasteiger partial charge in [-0.15, -0.1) is 0 Å². The summed E-state index contributed by atoms with van der Waals surface area (Å²) in [6.07, 6.45) is 0.465. The van der Waals surface area contributed by atoms with E-state index in [1.165, 1.54) is 0 Å². The molecule has 2 aliphatic heterocycles. The first kappa shape index (κ1) is 19.8. The number of aromatic nitrogens is 2. The molecular formula is C21H27N3O5. The van der Waals surface area contributed by atoms with E-state index >= 15 is 0 Å². The molecule has 4 rings (SSSR count). The number of benzene rings is 1. The summed E-state index contributed by atoms with van der Waals surface area (Å²) in [5.41, 5.74) is 1.29. The van der Waals surface area contributed by atoms with E-state index < -0.39 is 11.4 Å². The number of hydrogen-bond donors (Lipinski definition) is 0. The number of carbonyl (C=O) groups excluding carboxylic acids is 1. The number of amides is 1. The number of nitrogens with zero attached hydrogens (tertiary/aromatic N) is 3. The Balaban J connectivity index is 1.42. The lowest BCUT2D eigenvalue weighted by atomic mass is 10.0. The van der Waals surface area contributed by atoms with Crippen molar-refractivity contribution in [2.75, 3.05) is 26.3 Å². The van der Waals surface area contributed by atoms with Crippen LogP contribution in [0.25, 0.3) is 11.4 Å². The Kier molecular flexibility index (Phi) is 5.08. The molecule has 0 spiro atoms. The minimum absolute atomic E-state index is 0.0160. The van der Waals surface area contributed by atoms with Crippen molar-refractivity contribution >= 4 is 6.09 Å². The predicted molar refractivity (Wildman–Crippen MR) is 104 cm³/mol. The highest BCUT2D eigenvalue weighted by molar-refractivity contribution is 5.68. The van der Waals surface area contributed by atoms with E-state index in [1.54, 1.807) is 4.90 Å². The van der Waals surface area contributed by atoms with E-state index in [2.05, 4.69) is 10.1 Å². The summed E-state index contributed by atoms with van der Waals surface area (Å²) >= 11 is 0. The van der Waals surface area contributed by atoms with Crippen molar-refractivity contribution in [2.45, 2.75) is 51.4 Å². The third kappa shape index (κ3) is 4.28. The molecule has 0 N–H and O–H groups in total.